The highest BCUT2D eigenvalue weighted by Gasteiger charge is 2.33. The third-order valence-corrected chi connectivity index (χ3v) is 3.79. The highest BCUT2D eigenvalue weighted by molar-refractivity contribution is 5.39. The van der Waals surface area contributed by atoms with E-state index in [1.165, 1.54) is 12.0 Å². The zero-order valence-corrected chi connectivity index (χ0v) is 8.89. The van der Waals surface area contributed by atoms with Crippen LogP contribution in [0.15, 0.2) is 60.3 Å². The third kappa shape index (κ3) is 1.36. The molecular weight excluding hydrogens is 180 g/mol. The Morgan fingerprint density at radius 2 is 2.00 bits per heavy atom. The predicted molar refractivity (Wildman–Crippen MR) is 64.3 cm³/mol. The lowest BCUT2D eigenvalue weighted by Gasteiger charge is -2.38. The van der Waals surface area contributed by atoms with Crippen LogP contribution in [0.25, 0.3) is 0 Å². The predicted octanol–water partition coefficient (Wildman–Crippen LogP) is 3.81. The molecule has 0 aromatic rings. The van der Waals surface area contributed by atoms with Crippen LogP contribution in [0.3, 0.4) is 0 Å². The minimum absolute atomic E-state index is 0.524. The summed E-state index contributed by atoms with van der Waals surface area (Å²) in [4.78, 5) is 0. The van der Waals surface area contributed by atoms with E-state index in [9.17, 15) is 0 Å². The van der Waals surface area contributed by atoms with Crippen molar-refractivity contribution in [2.24, 2.45) is 17.8 Å². The second kappa shape index (κ2) is 3.37. The molecule has 0 spiro atoms. The first-order valence-corrected chi connectivity index (χ1v) is 5.75. The molecule has 1 fully saturated rings. The summed E-state index contributed by atoms with van der Waals surface area (Å²) in [5.74, 6) is 1.76. The number of fused-ring (bicyclic) bond motifs is 2. The van der Waals surface area contributed by atoms with Gasteiger partial charge in [0.05, 0.1) is 0 Å². The molecule has 3 unspecified atom stereocenters. The van der Waals surface area contributed by atoms with Crippen LogP contribution in [0.5, 0.6) is 0 Å². The zero-order valence-electron chi connectivity index (χ0n) is 8.89. The van der Waals surface area contributed by atoms with Crippen LogP contribution in [-0.2, 0) is 0 Å². The van der Waals surface area contributed by atoms with Crippen molar-refractivity contribution in [3.63, 3.8) is 0 Å². The molecule has 0 N–H and O–H groups in total. The van der Waals surface area contributed by atoms with Gasteiger partial charge in [0.2, 0.25) is 0 Å². The van der Waals surface area contributed by atoms with Crippen molar-refractivity contribution in [1.29, 1.82) is 0 Å². The summed E-state index contributed by atoms with van der Waals surface area (Å²) in [5.41, 5.74) is 2.97. The van der Waals surface area contributed by atoms with Crippen molar-refractivity contribution >= 4 is 0 Å². The normalized spacial score (nSPS) is 37.2. The molecule has 0 nitrogen and oxygen atoms in total. The summed E-state index contributed by atoms with van der Waals surface area (Å²) >= 11 is 0. The van der Waals surface area contributed by atoms with Crippen LogP contribution < -0.4 is 0 Å². The van der Waals surface area contributed by atoms with Gasteiger partial charge in [0.25, 0.3) is 0 Å². The van der Waals surface area contributed by atoms with Crippen molar-refractivity contribution in [1.82, 2.24) is 0 Å². The van der Waals surface area contributed by atoms with Gasteiger partial charge in [0.1, 0.15) is 0 Å². The lowest BCUT2D eigenvalue weighted by Crippen LogP contribution is -2.27. The summed E-state index contributed by atoms with van der Waals surface area (Å²) < 4.78 is 0. The van der Waals surface area contributed by atoms with Crippen LogP contribution in [0, 0.1) is 17.8 Å². The fourth-order valence-corrected chi connectivity index (χ4v) is 2.98. The maximum atomic E-state index is 4.31. The van der Waals surface area contributed by atoms with Gasteiger partial charge < -0.3 is 0 Å². The monoisotopic (exact) mass is 196 g/mol. The summed E-state index contributed by atoms with van der Waals surface area (Å²) in [5, 5.41) is 0. The minimum Gasteiger partial charge on any atom is -0.0983 e. The maximum Gasteiger partial charge on any atom is 0.0191 e. The molecule has 3 atom stereocenters. The first-order chi connectivity index (χ1) is 7.36. The van der Waals surface area contributed by atoms with Gasteiger partial charge >= 0.3 is 0 Å². The molecule has 0 aromatic heterocycles. The fraction of sp³-hybridized carbons (Fsp3) is 0.333. The van der Waals surface area contributed by atoms with E-state index in [0.717, 1.165) is 6.42 Å². The molecule has 0 bridgehead atoms. The number of hydrogen-bond donors (Lipinski definition) is 0. The zero-order chi connectivity index (χ0) is 10.3. The van der Waals surface area contributed by atoms with Crippen molar-refractivity contribution in [2.75, 3.05) is 0 Å². The molecule has 0 heteroatoms. The molecule has 0 aromatic carbocycles. The van der Waals surface area contributed by atoms with Crippen LogP contribution in [0.2, 0.25) is 0 Å². The van der Waals surface area contributed by atoms with E-state index in [2.05, 4.69) is 49.1 Å². The van der Waals surface area contributed by atoms with Crippen LogP contribution >= 0.6 is 0 Å². The topological polar surface area (TPSA) is 0 Å². The van der Waals surface area contributed by atoms with Gasteiger partial charge in [-0.25, -0.2) is 0 Å². The Labute approximate surface area is 91.4 Å². The quantitative estimate of drug-likeness (QED) is 0.517. The van der Waals surface area contributed by atoms with E-state index < -0.39 is 0 Å². The summed E-state index contributed by atoms with van der Waals surface area (Å²) in [6.45, 7) is 4.31. The summed E-state index contributed by atoms with van der Waals surface area (Å²) in [6, 6.07) is 0. The highest BCUT2D eigenvalue weighted by Crippen LogP contribution is 2.45. The van der Waals surface area contributed by atoms with Crippen molar-refractivity contribution in [3.8, 4) is 0 Å². The number of hydrogen-bond acceptors (Lipinski definition) is 0. The molecule has 3 aliphatic rings. The van der Waals surface area contributed by atoms with Crippen LogP contribution in [0.4, 0.5) is 0 Å². The van der Waals surface area contributed by atoms with E-state index in [1.807, 2.05) is 0 Å². The lowest BCUT2D eigenvalue weighted by molar-refractivity contribution is 0.442. The van der Waals surface area contributed by atoms with Gasteiger partial charge in [-0.2, -0.15) is 0 Å². The Morgan fingerprint density at radius 3 is 2.93 bits per heavy atom. The fourth-order valence-electron chi connectivity index (χ4n) is 2.98. The smallest absolute Gasteiger partial charge is 0.0191 e. The molecular formula is C15H16. The van der Waals surface area contributed by atoms with E-state index in [4.69, 9.17) is 0 Å². The van der Waals surface area contributed by atoms with E-state index in [-0.39, 0.29) is 0 Å². The average Bonchev–Trinajstić information content (AvgIpc) is 2.30. The van der Waals surface area contributed by atoms with Gasteiger partial charge in [-0.15, -0.1) is 0 Å². The Hall–Kier alpha value is -1.30. The molecule has 3 rings (SSSR count). The average molecular weight is 196 g/mol. The molecule has 3 aliphatic carbocycles. The largest absolute Gasteiger partial charge is 0.0983 e. The summed E-state index contributed by atoms with van der Waals surface area (Å²) in [7, 11) is 0. The van der Waals surface area contributed by atoms with Gasteiger partial charge in [-0.1, -0.05) is 60.3 Å². The van der Waals surface area contributed by atoms with Gasteiger partial charge in [0, 0.05) is 11.8 Å². The van der Waals surface area contributed by atoms with Crippen molar-refractivity contribution < 1.29 is 0 Å². The Morgan fingerprint density at radius 1 is 1.13 bits per heavy atom. The van der Waals surface area contributed by atoms with Crippen molar-refractivity contribution in [3.05, 3.63) is 60.3 Å². The van der Waals surface area contributed by atoms with E-state index in [0.29, 0.717) is 17.8 Å². The molecule has 1 saturated carbocycles. The molecule has 0 aliphatic heterocycles. The van der Waals surface area contributed by atoms with Gasteiger partial charge in [0.15, 0.2) is 0 Å². The Balaban J connectivity index is 1.97. The van der Waals surface area contributed by atoms with E-state index >= 15 is 0 Å². The first-order valence-electron chi connectivity index (χ1n) is 5.75. The van der Waals surface area contributed by atoms with Crippen LogP contribution in [0.1, 0.15) is 12.8 Å². The SMILES string of the molecule is C=C1C2C=CCC=C2CC2C=CC=CC12. The van der Waals surface area contributed by atoms with Crippen LogP contribution in [-0.4, -0.2) is 0 Å². The number of allylic oxidation sites excluding steroid dienone is 9. The van der Waals surface area contributed by atoms with Crippen molar-refractivity contribution in [2.45, 2.75) is 12.8 Å². The maximum absolute atomic E-state index is 4.31. The Kier molecular flexibility index (Phi) is 2.02. The standard InChI is InChI=1S/C15H16/c1-11-14-8-4-2-6-12(14)10-13-7-3-5-9-15(11)13/h2,4-9,12,14-15H,1,3,10H2. The first kappa shape index (κ1) is 8.96. The Bertz CT molecular complexity index is 404. The van der Waals surface area contributed by atoms with E-state index in [1.54, 1.807) is 5.57 Å². The lowest BCUT2D eigenvalue weighted by atomic mass is 9.66. The molecule has 0 saturated heterocycles. The minimum atomic E-state index is 0.524. The molecule has 15 heavy (non-hydrogen) atoms. The summed E-state index contributed by atoms with van der Waals surface area (Å²) in [6.07, 6.45) is 18.3. The third-order valence-electron chi connectivity index (χ3n) is 3.79. The number of rotatable bonds is 0. The molecule has 76 valence electrons. The van der Waals surface area contributed by atoms with Gasteiger partial charge in [-0.05, 0) is 18.8 Å². The second-order valence-electron chi connectivity index (χ2n) is 4.66. The van der Waals surface area contributed by atoms with Gasteiger partial charge in [-0.3, -0.25) is 0 Å². The molecule has 0 radical (unpaired) electrons. The second-order valence-corrected chi connectivity index (χ2v) is 4.66. The molecule has 0 amide bonds. The molecule has 0 heterocycles. The highest BCUT2D eigenvalue weighted by atomic mass is 14.4.